The van der Waals surface area contributed by atoms with E-state index in [1.807, 2.05) is 0 Å². The lowest BCUT2D eigenvalue weighted by atomic mass is 10.0. The molecule has 0 saturated carbocycles. The highest BCUT2D eigenvalue weighted by Gasteiger charge is 2.14. The van der Waals surface area contributed by atoms with Crippen LogP contribution in [0.1, 0.15) is 232 Å². The Morgan fingerprint density at radius 2 is 0.868 bits per heavy atom. The van der Waals surface area contributed by atoms with Crippen LogP contribution in [0.25, 0.3) is 0 Å². The predicted octanol–water partition coefficient (Wildman–Crippen LogP) is 14.1. The molecule has 0 aromatic heterocycles. The minimum absolute atomic E-state index is 0.0219. The molecule has 308 valence electrons. The largest absolute Gasteiger partial charge is 0.480 e. The van der Waals surface area contributed by atoms with Gasteiger partial charge in [0.1, 0.15) is 12.6 Å². The van der Waals surface area contributed by atoms with Gasteiger partial charge in [-0.2, -0.15) is 0 Å². The maximum absolute atomic E-state index is 12.8. The van der Waals surface area contributed by atoms with Gasteiger partial charge in [-0.25, -0.2) is 0 Å². The smallest absolute Gasteiger partial charge is 0.322 e. The molecule has 1 atom stereocenters. The van der Waals surface area contributed by atoms with Crippen LogP contribution in [0, 0.1) is 0 Å². The van der Waals surface area contributed by atoms with Gasteiger partial charge in [-0.15, -0.1) is 0 Å². The number of esters is 1. The second-order valence-corrected chi connectivity index (χ2v) is 15.3. The summed E-state index contributed by atoms with van der Waals surface area (Å²) in [5.74, 6) is -1.24. The standard InChI is InChI=1S/C47H85NO5/c1-3-5-7-9-11-13-15-16-17-18-19-20-21-22-23-24-25-27-29-34-38-42-47(52)53-44(39-35-31-28-26-14-12-10-8-6-4-2)40-36-32-30-33-37-41-45(49)48-43-46(50)51/h15-16,18-19,21-22,44H,3-14,17,20,23-43H2,1-2H3,(H,48,49)(H,50,51)/b16-15-,19-18-,22-21-. The zero-order valence-corrected chi connectivity index (χ0v) is 34.9. The van der Waals surface area contributed by atoms with Gasteiger partial charge in [-0.1, -0.05) is 179 Å². The number of carboxylic acid groups (broad SMARTS) is 1. The summed E-state index contributed by atoms with van der Waals surface area (Å²) in [5.41, 5.74) is 0. The Labute approximate surface area is 327 Å². The maximum atomic E-state index is 12.8. The number of carbonyl (C=O) groups is 3. The van der Waals surface area contributed by atoms with E-state index < -0.39 is 5.97 Å². The van der Waals surface area contributed by atoms with Crippen molar-refractivity contribution in [2.75, 3.05) is 6.54 Å². The Bertz CT molecular complexity index is 911. The molecule has 0 spiro atoms. The molecule has 0 aliphatic heterocycles. The highest BCUT2D eigenvalue weighted by Crippen LogP contribution is 2.19. The third kappa shape index (κ3) is 42.2. The van der Waals surface area contributed by atoms with E-state index in [1.165, 1.54) is 122 Å². The summed E-state index contributed by atoms with van der Waals surface area (Å²) in [6.45, 7) is 4.22. The van der Waals surface area contributed by atoms with Crippen LogP contribution in [0.2, 0.25) is 0 Å². The van der Waals surface area contributed by atoms with Gasteiger partial charge in [-0.3, -0.25) is 14.4 Å². The zero-order valence-electron chi connectivity index (χ0n) is 34.9. The van der Waals surface area contributed by atoms with E-state index in [9.17, 15) is 14.4 Å². The average Bonchev–Trinajstić information content (AvgIpc) is 3.14. The van der Waals surface area contributed by atoms with Gasteiger partial charge >= 0.3 is 11.9 Å². The van der Waals surface area contributed by atoms with Crippen LogP contribution in [-0.4, -0.2) is 35.6 Å². The lowest BCUT2D eigenvalue weighted by Crippen LogP contribution is -2.28. The van der Waals surface area contributed by atoms with Crippen molar-refractivity contribution in [2.45, 2.75) is 238 Å². The molecule has 0 aliphatic carbocycles. The molecule has 0 saturated heterocycles. The molecule has 0 fully saturated rings. The van der Waals surface area contributed by atoms with Crippen LogP contribution in [0.15, 0.2) is 36.5 Å². The van der Waals surface area contributed by atoms with Crippen molar-refractivity contribution < 1.29 is 24.2 Å². The van der Waals surface area contributed by atoms with E-state index in [0.717, 1.165) is 83.5 Å². The summed E-state index contributed by atoms with van der Waals surface area (Å²) >= 11 is 0. The lowest BCUT2D eigenvalue weighted by molar-refractivity contribution is -0.150. The fraction of sp³-hybridized carbons (Fsp3) is 0.809. The summed E-state index contributed by atoms with van der Waals surface area (Å²) in [6.07, 6.45) is 52.7. The predicted molar refractivity (Wildman–Crippen MR) is 226 cm³/mol. The molecule has 1 amide bonds. The average molecular weight is 744 g/mol. The minimum Gasteiger partial charge on any atom is -0.480 e. The van der Waals surface area contributed by atoms with Crippen molar-refractivity contribution in [1.82, 2.24) is 5.32 Å². The van der Waals surface area contributed by atoms with Crippen LogP contribution in [0.3, 0.4) is 0 Å². The number of hydrogen-bond acceptors (Lipinski definition) is 4. The van der Waals surface area contributed by atoms with Gasteiger partial charge in [-0.05, 0) is 77.0 Å². The topological polar surface area (TPSA) is 92.7 Å². The lowest BCUT2D eigenvalue weighted by Gasteiger charge is -2.18. The number of carbonyl (C=O) groups excluding carboxylic acids is 2. The molecular weight excluding hydrogens is 659 g/mol. The number of amides is 1. The first-order chi connectivity index (χ1) is 26.0. The number of carboxylic acids is 1. The first-order valence-electron chi connectivity index (χ1n) is 22.6. The molecule has 53 heavy (non-hydrogen) atoms. The molecule has 0 radical (unpaired) electrons. The second-order valence-electron chi connectivity index (χ2n) is 15.3. The summed E-state index contributed by atoms with van der Waals surface area (Å²) in [4.78, 5) is 35.0. The number of nitrogens with one attached hydrogen (secondary N) is 1. The minimum atomic E-state index is -1.02. The van der Waals surface area contributed by atoms with Gasteiger partial charge < -0.3 is 15.2 Å². The Morgan fingerprint density at radius 3 is 1.32 bits per heavy atom. The van der Waals surface area contributed by atoms with Gasteiger partial charge in [0.2, 0.25) is 5.91 Å². The number of allylic oxidation sites excluding steroid dienone is 6. The van der Waals surface area contributed by atoms with Crippen molar-refractivity contribution in [2.24, 2.45) is 0 Å². The molecule has 0 aromatic carbocycles. The number of hydrogen-bond donors (Lipinski definition) is 2. The van der Waals surface area contributed by atoms with E-state index in [0.29, 0.717) is 12.8 Å². The van der Waals surface area contributed by atoms with Gasteiger partial charge in [0.25, 0.3) is 0 Å². The number of unbranched alkanes of at least 4 members (excludes halogenated alkanes) is 24. The van der Waals surface area contributed by atoms with E-state index in [2.05, 4.69) is 55.6 Å². The fourth-order valence-electron chi connectivity index (χ4n) is 6.70. The van der Waals surface area contributed by atoms with Crippen molar-refractivity contribution in [1.29, 1.82) is 0 Å². The van der Waals surface area contributed by atoms with Crippen molar-refractivity contribution in [3.63, 3.8) is 0 Å². The summed E-state index contributed by atoms with van der Waals surface area (Å²) in [5, 5.41) is 11.1. The SMILES string of the molecule is CCCCCCC/C=C\C/C=C\C/C=C\CCCCCCCCC(=O)OC(CCCCCCCCCCCC)CCCCCCCC(=O)NCC(=O)O. The first kappa shape index (κ1) is 50.6. The van der Waals surface area contributed by atoms with E-state index >= 15 is 0 Å². The van der Waals surface area contributed by atoms with Crippen molar-refractivity contribution in [3.05, 3.63) is 36.5 Å². The second kappa shape index (κ2) is 42.4. The highest BCUT2D eigenvalue weighted by molar-refractivity contribution is 5.80. The molecule has 0 rings (SSSR count). The fourth-order valence-corrected chi connectivity index (χ4v) is 6.70. The third-order valence-electron chi connectivity index (χ3n) is 10.1. The Kier molecular flexibility index (Phi) is 40.5. The molecule has 6 heteroatoms. The Balaban J connectivity index is 4.09. The molecule has 6 nitrogen and oxygen atoms in total. The summed E-state index contributed by atoms with van der Waals surface area (Å²) in [7, 11) is 0. The van der Waals surface area contributed by atoms with Crippen LogP contribution in [0.4, 0.5) is 0 Å². The Hall–Kier alpha value is -2.37. The van der Waals surface area contributed by atoms with Crippen LogP contribution in [0.5, 0.6) is 0 Å². The van der Waals surface area contributed by atoms with Crippen molar-refractivity contribution in [3.8, 4) is 0 Å². The van der Waals surface area contributed by atoms with Crippen LogP contribution >= 0.6 is 0 Å². The quantitative estimate of drug-likeness (QED) is 0.0369. The van der Waals surface area contributed by atoms with Gasteiger partial charge in [0, 0.05) is 12.8 Å². The van der Waals surface area contributed by atoms with Crippen molar-refractivity contribution >= 4 is 17.8 Å². The summed E-state index contributed by atoms with van der Waals surface area (Å²) in [6, 6.07) is 0. The third-order valence-corrected chi connectivity index (χ3v) is 10.1. The molecule has 1 unspecified atom stereocenters. The number of aliphatic carboxylic acids is 1. The Morgan fingerprint density at radius 1 is 0.491 bits per heavy atom. The van der Waals surface area contributed by atoms with Gasteiger partial charge in [0.15, 0.2) is 0 Å². The zero-order chi connectivity index (χ0) is 38.7. The molecule has 0 aliphatic rings. The monoisotopic (exact) mass is 744 g/mol. The van der Waals surface area contributed by atoms with Gasteiger partial charge in [0.05, 0.1) is 0 Å². The molecule has 0 bridgehead atoms. The first-order valence-corrected chi connectivity index (χ1v) is 22.6. The normalized spacial score (nSPS) is 12.3. The molecular formula is C47H85NO5. The van der Waals surface area contributed by atoms with E-state index in [-0.39, 0.29) is 24.5 Å². The van der Waals surface area contributed by atoms with E-state index in [4.69, 9.17) is 9.84 Å². The van der Waals surface area contributed by atoms with Crippen LogP contribution in [-0.2, 0) is 19.1 Å². The number of rotatable bonds is 41. The number of ether oxygens (including phenoxy) is 1. The van der Waals surface area contributed by atoms with Crippen LogP contribution < -0.4 is 5.32 Å². The molecule has 0 aromatic rings. The summed E-state index contributed by atoms with van der Waals surface area (Å²) < 4.78 is 6.03. The maximum Gasteiger partial charge on any atom is 0.322 e. The van der Waals surface area contributed by atoms with E-state index in [1.54, 1.807) is 0 Å². The molecule has 0 heterocycles. The molecule has 2 N–H and O–H groups in total. The highest BCUT2D eigenvalue weighted by atomic mass is 16.5.